The van der Waals surface area contributed by atoms with Gasteiger partial charge in [-0.15, -0.1) is 0 Å². The maximum atomic E-state index is 5.54. The van der Waals surface area contributed by atoms with Crippen molar-refractivity contribution in [3.63, 3.8) is 0 Å². The second-order valence-corrected chi connectivity index (χ2v) is 4.43. The molecule has 1 heterocycles. The average molecular weight is 225 g/mol. The summed E-state index contributed by atoms with van der Waals surface area (Å²) in [5.41, 5.74) is 1.23. The van der Waals surface area contributed by atoms with Gasteiger partial charge in [-0.05, 0) is 19.4 Å². The van der Waals surface area contributed by atoms with Gasteiger partial charge in [-0.1, -0.05) is 13.8 Å². The summed E-state index contributed by atoms with van der Waals surface area (Å²) >= 11 is 0. The van der Waals surface area contributed by atoms with Crippen LogP contribution in [0.25, 0.3) is 0 Å². The standard InChI is InChI=1S/C12H23N3O/c1-11(2)9-16-6-4-5-15-10-14-8-12(15)7-13-3/h8,10-11,13H,4-7,9H2,1-3H3. The lowest BCUT2D eigenvalue weighted by molar-refractivity contribution is 0.105. The van der Waals surface area contributed by atoms with Crippen molar-refractivity contribution >= 4 is 0 Å². The fourth-order valence-electron chi connectivity index (χ4n) is 1.53. The molecular weight excluding hydrogens is 202 g/mol. The molecule has 0 unspecified atom stereocenters. The Morgan fingerprint density at radius 3 is 3.00 bits per heavy atom. The molecule has 1 aromatic rings. The van der Waals surface area contributed by atoms with E-state index in [1.807, 2.05) is 19.6 Å². The average Bonchev–Trinajstić information content (AvgIpc) is 2.65. The molecule has 0 bridgehead atoms. The van der Waals surface area contributed by atoms with Crippen LogP contribution in [-0.4, -0.2) is 29.8 Å². The van der Waals surface area contributed by atoms with Crippen LogP contribution < -0.4 is 5.32 Å². The van der Waals surface area contributed by atoms with Crippen molar-refractivity contribution in [2.75, 3.05) is 20.3 Å². The smallest absolute Gasteiger partial charge is 0.0948 e. The Morgan fingerprint density at radius 1 is 1.50 bits per heavy atom. The summed E-state index contributed by atoms with van der Waals surface area (Å²) in [6, 6.07) is 0. The fraction of sp³-hybridized carbons (Fsp3) is 0.750. The number of nitrogens with zero attached hydrogens (tertiary/aromatic N) is 2. The van der Waals surface area contributed by atoms with Gasteiger partial charge in [0.05, 0.1) is 12.0 Å². The molecule has 0 radical (unpaired) electrons. The molecule has 0 aliphatic carbocycles. The van der Waals surface area contributed by atoms with Gasteiger partial charge >= 0.3 is 0 Å². The van der Waals surface area contributed by atoms with E-state index in [2.05, 4.69) is 28.7 Å². The van der Waals surface area contributed by atoms with Crippen LogP contribution in [0.15, 0.2) is 12.5 Å². The van der Waals surface area contributed by atoms with Crippen molar-refractivity contribution in [2.45, 2.75) is 33.4 Å². The molecule has 0 aromatic carbocycles. The third-order valence-corrected chi connectivity index (χ3v) is 2.30. The van der Waals surface area contributed by atoms with Gasteiger partial charge in [-0.2, -0.15) is 0 Å². The molecule has 0 spiro atoms. The number of hydrogen-bond donors (Lipinski definition) is 1. The van der Waals surface area contributed by atoms with Crippen molar-refractivity contribution in [2.24, 2.45) is 5.92 Å². The Bertz CT molecular complexity index is 284. The molecule has 16 heavy (non-hydrogen) atoms. The first-order valence-corrected chi connectivity index (χ1v) is 5.95. The van der Waals surface area contributed by atoms with E-state index in [1.165, 1.54) is 5.69 Å². The van der Waals surface area contributed by atoms with Gasteiger partial charge in [0.25, 0.3) is 0 Å². The van der Waals surface area contributed by atoms with E-state index in [-0.39, 0.29) is 0 Å². The quantitative estimate of drug-likeness (QED) is 0.684. The summed E-state index contributed by atoms with van der Waals surface area (Å²) in [6.07, 6.45) is 4.83. The highest BCUT2D eigenvalue weighted by molar-refractivity contribution is 4.97. The highest BCUT2D eigenvalue weighted by atomic mass is 16.5. The lowest BCUT2D eigenvalue weighted by Gasteiger charge is -2.09. The molecule has 0 atom stereocenters. The van der Waals surface area contributed by atoms with E-state index < -0.39 is 0 Å². The summed E-state index contributed by atoms with van der Waals surface area (Å²) in [6.45, 7) is 7.87. The summed E-state index contributed by atoms with van der Waals surface area (Å²) < 4.78 is 7.72. The maximum Gasteiger partial charge on any atom is 0.0948 e. The van der Waals surface area contributed by atoms with Crippen molar-refractivity contribution < 1.29 is 4.74 Å². The van der Waals surface area contributed by atoms with Crippen LogP contribution in [0.5, 0.6) is 0 Å². The number of hydrogen-bond acceptors (Lipinski definition) is 3. The van der Waals surface area contributed by atoms with E-state index in [9.17, 15) is 0 Å². The molecule has 0 saturated carbocycles. The minimum absolute atomic E-state index is 0.619. The van der Waals surface area contributed by atoms with Gasteiger partial charge < -0.3 is 14.6 Å². The minimum atomic E-state index is 0.619. The Morgan fingerprint density at radius 2 is 2.31 bits per heavy atom. The molecule has 0 amide bonds. The maximum absolute atomic E-state index is 5.54. The highest BCUT2D eigenvalue weighted by Crippen LogP contribution is 2.01. The lowest BCUT2D eigenvalue weighted by atomic mass is 10.2. The van der Waals surface area contributed by atoms with E-state index in [0.29, 0.717) is 5.92 Å². The highest BCUT2D eigenvalue weighted by Gasteiger charge is 2.00. The predicted octanol–water partition coefficient (Wildman–Crippen LogP) is 1.67. The van der Waals surface area contributed by atoms with Crippen molar-refractivity contribution in [3.8, 4) is 0 Å². The number of aryl methyl sites for hydroxylation is 1. The zero-order valence-electron chi connectivity index (χ0n) is 10.6. The van der Waals surface area contributed by atoms with Gasteiger partial charge in [-0.3, -0.25) is 0 Å². The summed E-state index contributed by atoms with van der Waals surface area (Å²) in [5, 5.41) is 3.13. The van der Waals surface area contributed by atoms with Crippen molar-refractivity contribution in [3.05, 3.63) is 18.2 Å². The van der Waals surface area contributed by atoms with Crippen LogP contribution in [0.1, 0.15) is 26.0 Å². The zero-order chi connectivity index (χ0) is 11.8. The van der Waals surface area contributed by atoms with E-state index in [0.717, 1.165) is 32.7 Å². The minimum Gasteiger partial charge on any atom is -0.381 e. The third-order valence-electron chi connectivity index (χ3n) is 2.30. The Hall–Kier alpha value is -0.870. The normalized spacial score (nSPS) is 11.2. The largest absolute Gasteiger partial charge is 0.381 e. The molecule has 1 rings (SSSR count). The third kappa shape index (κ3) is 4.77. The second kappa shape index (κ2) is 7.41. The number of aromatic nitrogens is 2. The van der Waals surface area contributed by atoms with Crippen LogP contribution in [-0.2, 0) is 17.8 Å². The SMILES string of the molecule is CNCc1cncn1CCCOCC(C)C. The van der Waals surface area contributed by atoms with Crippen molar-refractivity contribution in [1.29, 1.82) is 0 Å². The number of imidazole rings is 1. The molecule has 1 aromatic heterocycles. The molecule has 0 aliphatic rings. The summed E-state index contributed by atoms with van der Waals surface area (Å²) in [5.74, 6) is 0.619. The Balaban J connectivity index is 2.18. The molecule has 92 valence electrons. The lowest BCUT2D eigenvalue weighted by Crippen LogP contribution is -2.12. The van der Waals surface area contributed by atoms with Gasteiger partial charge in [0.15, 0.2) is 0 Å². The first kappa shape index (κ1) is 13.2. The number of ether oxygens (including phenoxy) is 1. The van der Waals surface area contributed by atoms with Crippen LogP contribution in [0.4, 0.5) is 0 Å². The Labute approximate surface area is 98.0 Å². The van der Waals surface area contributed by atoms with Gasteiger partial charge in [0.1, 0.15) is 0 Å². The van der Waals surface area contributed by atoms with E-state index in [1.54, 1.807) is 0 Å². The summed E-state index contributed by atoms with van der Waals surface area (Å²) in [4.78, 5) is 4.15. The molecule has 1 N–H and O–H groups in total. The Kier molecular flexibility index (Phi) is 6.11. The number of nitrogens with one attached hydrogen (secondary N) is 1. The first-order chi connectivity index (χ1) is 7.74. The monoisotopic (exact) mass is 225 g/mol. The zero-order valence-corrected chi connectivity index (χ0v) is 10.6. The van der Waals surface area contributed by atoms with Crippen LogP contribution >= 0.6 is 0 Å². The topological polar surface area (TPSA) is 39.1 Å². The second-order valence-electron chi connectivity index (χ2n) is 4.43. The van der Waals surface area contributed by atoms with Crippen LogP contribution in [0, 0.1) is 5.92 Å². The van der Waals surface area contributed by atoms with Gasteiger partial charge in [0, 0.05) is 32.5 Å². The molecule has 0 fully saturated rings. The predicted molar refractivity (Wildman–Crippen MR) is 65.3 cm³/mol. The number of rotatable bonds is 8. The molecule has 0 saturated heterocycles. The summed E-state index contributed by atoms with van der Waals surface area (Å²) in [7, 11) is 1.95. The van der Waals surface area contributed by atoms with Gasteiger partial charge in [-0.25, -0.2) is 4.98 Å². The van der Waals surface area contributed by atoms with E-state index >= 15 is 0 Å². The molecular formula is C12H23N3O. The molecule has 0 aliphatic heterocycles. The first-order valence-electron chi connectivity index (χ1n) is 5.95. The molecule has 4 nitrogen and oxygen atoms in total. The molecule has 4 heteroatoms. The van der Waals surface area contributed by atoms with Gasteiger partial charge in [0.2, 0.25) is 0 Å². The fourth-order valence-corrected chi connectivity index (χ4v) is 1.53. The van der Waals surface area contributed by atoms with Crippen molar-refractivity contribution in [1.82, 2.24) is 14.9 Å². The van der Waals surface area contributed by atoms with E-state index in [4.69, 9.17) is 4.74 Å². The van der Waals surface area contributed by atoms with Crippen LogP contribution in [0.3, 0.4) is 0 Å². The van der Waals surface area contributed by atoms with Crippen LogP contribution in [0.2, 0.25) is 0 Å².